The van der Waals surface area contributed by atoms with Gasteiger partial charge in [-0.25, -0.2) is 4.98 Å². The standard InChI is InChI=1S/C10H9BrN2OS2/c1-13(4-7-2-9(11)15-6-7)10-12-3-8(5-14)16-10/h2-3,5-6H,4H2,1H3. The van der Waals surface area contributed by atoms with Crippen LogP contribution < -0.4 is 4.90 Å². The number of rotatable bonds is 4. The van der Waals surface area contributed by atoms with E-state index >= 15 is 0 Å². The quantitative estimate of drug-likeness (QED) is 0.810. The Labute approximate surface area is 110 Å². The third-order valence-corrected chi connectivity index (χ3v) is 4.59. The minimum atomic E-state index is 0.661. The van der Waals surface area contributed by atoms with Gasteiger partial charge in [-0.3, -0.25) is 4.79 Å². The number of carbonyl (C=O) groups is 1. The molecule has 2 aromatic rings. The first kappa shape index (κ1) is 11.8. The molecular formula is C10H9BrN2OS2. The van der Waals surface area contributed by atoms with Crippen LogP contribution >= 0.6 is 38.6 Å². The van der Waals surface area contributed by atoms with Crippen molar-refractivity contribution in [2.24, 2.45) is 0 Å². The molecule has 16 heavy (non-hydrogen) atoms. The van der Waals surface area contributed by atoms with Crippen LogP contribution in [0.3, 0.4) is 0 Å². The second kappa shape index (κ2) is 5.07. The van der Waals surface area contributed by atoms with Crippen molar-refractivity contribution in [3.8, 4) is 0 Å². The smallest absolute Gasteiger partial charge is 0.185 e. The van der Waals surface area contributed by atoms with Gasteiger partial charge in [0.1, 0.15) is 0 Å². The molecule has 0 aliphatic heterocycles. The van der Waals surface area contributed by atoms with Crippen LogP contribution in [0.25, 0.3) is 0 Å². The highest BCUT2D eigenvalue weighted by atomic mass is 79.9. The van der Waals surface area contributed by atoms with E-state index in [1.807, 2.05) is 11.9 Å². The van der Waals surface area contributed by atoms with Gasteiger partial charge >= 0.3 is 0 Å². The average molecular weight is 317 g/mol. The normalized spacial score (nSPS) is 10.4. The molecule has 0 spiro atoms. The summed E-state index contributed by atoms with van der Waals surface area (Å²) in [6.45, 7) is 0.800. The number of nitrogens with zero attached hydrogens (tertiary/aromatic N) is 2. The fraction of sp³-hybridized carbons (Fsp3) is 0.200. The molecule has 0 saturated carbocycles. The number of halogens is 1. The molecule has 3 nitrogen and oxygen atoms in total. The van der Waals surface area contributed by atoms with Crippen molar-refractivity contribution in [1.29, 1.82) is 0 Å². The lowest BCUT2D eigenvalue weighted by Crippen LogP contribution is -2.15. The lowest BCUT2D eigenvalue weighted by atomic mass is 10.3. The van der Waals surface area contributed by atoms with E-state index < -0.39 is 0 Å². The summed E-state index contributed by atoms with van der Waals surface area (Å²) in [5.41, 5.74) is 1.24. The van der Waals surface area contributed by atoms with E-state index in [4.69, 9.17) is 0 Å². The van der Waals surface area contributed by atoms with Gasteiger partial charge in [-0.05, 0) is 32.9 Å². The fourth-order valence-corrected chi connectivity index (χ4v) is 3.17. The molecule has 0 unspecified atom stereocenters. The second-order valence-electron chi connectivity index (χ2n) is 3.28. The van der Waals surface area contributed by atoms with Crippen molar-refractivity contribution >= 4 is 50.0 Å². The van der Waals surface area contributed by atoms with Crippen LogP contribution in [0, 0.1) is 0 Å². The molecule has 0 radical (unpaired) electrons. The maximum Gasteiger partial charge on any atom is 0.185 e. The first-order valence-corrected chi connectivity index (χ1v) is 7.03. The molecule has 0 N–H and O–H groups in total. The van der Waals surface area contributed by atoms with Crippen molar-refractivity contribution in [1.82, 2.24) is 4.98 Å². The van der Waals surface area contributed by atoms with Crippen LogP contribution in [0.2, 0.25) is 0 Å². The van der Waals surface area contributed by atoms with Gasteiger partial charge in [0.2, 0.25) is 0 Å². The Hall–Kier alpha value is -0.720. The monoisotopic (exact) mass is 316 g/mol. The molecule has 0 bridgehead atoms. The van der Waals surface area contributed by atoms with Gasteiger partial charge in [0.25, 0.3) is 0 Å². The van der Waals surface area contributed by atoms with Gasteiger partial charge in [0.15, 0.2) is 11.4 Å². The number of thiazole rings is 1. The molecule has 6 heteroatoms. The maximum atomic E-state index is 10.6. The zero-order valence-electron chi connectivity index (χ0n) is 8.51. The first-order chi connectivity index (χ1) is 7.69. The topological polar surface area (TPSA) is 33.2 Å². The molecule has 0 aliphatic rings. The zero-order chi connectivity index (χ0) is 11.5. The average Bonchev–Trinajstić information content (AvgIpc) is 2.87. The summed E-state index contributed by atoms with van der Waals surface area (Å²) in [4.78, 5) is 17.4. The SMILES string of the molecule is CN(Cc1csc(Br)c1)c1ncc(C=O)s1. The molecule has 0 saturated heterocycles. The summed E-state index contributed by atoms with van der Waals surface area (Å²) in [6, 6.07) is 2.09. The van der Waals surface area contributed by atoms with Gasteiger partial charge in [-0.1, -0.05) is 11.3 Å². The van der Waals surface area contributed by atoms with Gasteiger partial charge < -0.3 is 4.90 Å². The third kappa shape index (κ3) is 2.69. The molecule has 2 rings (SSSR count). The zero-order valence-corrected chi connectivity index (χ0v) is 11.7. The van der Waals surface area contributed by atoms with Crippen molar-refractivity contribution in [3.63, 3.8) is 0 Å². The molecule has 0 aliphatic carbocycles. The predicted octanol–water partition coefficient (Wildman–Crippen LogP) is 3.42. The number of carbonyl (C=O) groups excluding carboxylic acids is 1. The fourth-order valence-electron chi connectivity index (χ4n) is 1.28. The molecule has 0 aromatic carbocycles. The number of thiophene rings is 1. The van der Waals surface area contributed by atoms with Gasteiger partial charge in [-0.2, -0.15) is 0 Å². The molecule has 2 heterocycles. The van der Waals surface area contributed by atoms with Gasteiger partial charge in [0, 0.05) is 13.6 Å². The third-order valence-electron chi connectivity index (χ3n) is 2.00. The van der Waals surface area contributed by atoms with Crippen molar-refractivity contribution in [2.45, 2.75) is 6.54 Å². The summed E-state index contributed by atoms with van der Waals surface area (Å²) < 4.78 is 1.13. The maximum absolute atomic E-state index is 10.6. The van der Waals surface area contributed by atoms with E-state index in [1.165, 1.54) is 16.9 Å². The van der Waals surface area contributed by atoms with E-state index in [0.717, 1.165) is 21.7 Å². The van der Waals surface area contributed by atoms with Crippen LogP contribution in [-0.4, -0.2) is 18.3 Å². The number of aldehydes is 1. The Kier molecular flexibility index (Phi) is 3.73. The van der Waals surface area contributed by atoms with Gasteiger partial charge in [-0.15, -0.1) is 11.3 Å². The second-order valence-corrected chi connectivity index (χ2v) is 6.61. The van der Waals surface area contributed by atoms with Crippen LogP contribution in [0.1, 0.15) is 15.2 Å². The molecule has 84 valence electrons. The Bertz CT molecular complexity index is 494. The van der Waals surface area contributed by atoms with E-state index in [9.17, 15) is 4.79 Å². The van der Waals surface area contributed by atoms with E-state index in [1.54, 1.807) is 17.5 Å². The Morgan fingerprint density at radius 3 is 3.00 bits per heavy atom. The van der Waals surface area contributed by atoms with Crippen molar-refractivity contribution in [2.75, 3.05) is 11.9 Å². The largest absolute Gasteiger partial charge is 0.347 e. The molecule has 2 aromatic heterocycles. The number of anilines is 1. The number of hydrogen-bond acceptors (Lipinski definition) is 5. The lowest BCUT2D eigenvalue weighted by molar-refractivity contribution is 0.112. The summed E-state index contributed by atoms with van der Waals surface area (Å²) in [6.07, 6.45) is 2.43. The highest BCUT2D eigenvalue weighted by molar-refractivity contribution is 9.11. The van der Waals surface area contributed by atoms with Crippen molar-refractivity contribution in [3.05, 3.63) is 31.9 Å². The van der Waals surface area contributed by atoms with E-state index in [2.05, 4.69) is 32.4 Å². The number of hydrogen-bond donors (Lipinski definition) is 0. The van der Waals surface area contributed by atoms with E-state index in [0.29, 0.717) is 4.88 Å². The summed E-state index contributed by atoms with van der Waals surface area (Å²) in [5.74, 6) is 0. The molecule has 0 amide bonds. The van der Waals surface area contributed by atoms with Crippen LogP contribution in [0.4, 0.5) is 5.13 Å². The van der Waals surface area contributed by atoms with Crippen molar-refractivity contribution < 1.29 is 4.79 Å². The Morgan fingerprint density at radius 1 is 1.62 bits per heavy atom. The minimum Gasteiger partial charge on any atom is -0.347 e. The molecule has 0 fully saturated rings. The highest BCUT2D eigenvalue weighted by Gasteiger charge is 2.08. The summed E-state index contributed by atoms with van der Waals surface area (Å²) >= 11 is 6.51. The summed E-state index contributed by atoms with van der Waals surface area (Å²) in [5, 5.41) is 2.97. The number of aromatic nitrogens is 1. The lowest BCUT2D eigenvalue weighted by Gasteiger charge is -2.14. The van der Waals surface area contributed by atoms with Crippen LogP contribution in [-0.2, 0) is 6.54 Å². The predicted molar refractivity (Wildman–Crippen MR) is 71.6 cm³/mol. The minimum absolute atomic E-state index is 0.661. The highest BCUT2D eigenvalue weighted by Crippen LogP contribution is 2.25. The molecular weight excluding hydrogens is 308 g/mol. The van der Waals surface area contributed by atoms with E-state index in [-0.39, 0.29) is 0 Å². The van der Waals surface area contributed by atoms with Crippen LogP contribution in [0.5, 0.6) is 0 Å². The van der Waals surface area contributed by atoms with Crippen LogP contribution in [0.15, 0.2) is 21.4 Å². The molecule has 0 atom stereocenters. The first-order valence-electron chi connectivity index (χ1n) is 4.54. The van der Waals surface area contributed by atoms with Gasteiger partial charge in [0.05, 0.1) is 14.9 Å². The Morgan fingerprint density at radius 2 is 2.44 bits per heavy atom. The summed E-state index contributed by atoms with van der Waals surface area (Å²) in [7, 11) is 1.97. The Balaban J connectivity index is 2.07.